The lowest BCUT2D eigenvalue weighted by atomic mass is 9.93. The Morgan fingerprint density at radius 1 is 1.15 bits per heavy atom. The monoisotopic (exact) mass is 326 g/mol. The average Bonchev–Trinajstić information content (AvgIpc) is 2.47. The maximum absolute atomic E-state index is 3.82. The van der Waals surface area contributed by atoms with Crippen LogP contribution >= 0.6 is 15.9 Å². The molecule has 0 N–H and O–H groups in total. The highest BCUT2D eigenvalue weighted by Crippen LogP contribution is 2.27. The summed E-state index contributed by atoms with van der Waals surface area (Å²) in [5.74, 6) is 0. The van der Waals surface area contributed by atoms with E-state index in [0.717, 1.165) is 17.3 Å². The molecule has 2 aromatic carbocycles. The summed E-state index contributed by atoms with van der Waals surface area (Å²) in [6, 6.07) is 17.1. The van der Waals surface area contributed by atoms with Crippen molar-refractivity contribution in [2.24, 2.45) is 0 Å². The van der Waals surface area contributed by atoms with Gasteiger partial charge in [0.1, 0.15) is 0 Å². The van der Waals surface area contributed by atoms with Crippen LogP contribution in [0.15, 0.2) is 71.7 Å². The summed E-state index contributed by atoms with van der Waals surface area (Å²) < 4.78 is 1.13. The second kappa shape index (κ2) is 7.25. The number of hydrogen-bond donors (Lipinski definition) is 0. The van der Waals surface area contributed by atoms with Crippen molar-refractivity contribution in [3.63, 3.8) is 0 Å². The first-order valence-corrected chi connectivity index (χ1v) is 7.68. The van der Waals surface area contributed by atoms with Gasteiger partial charge in [0, 0.05) is 4.47 Å². The third-order valence-corrected chi connectivity index (χ3v) is 3.84. The van der Waals surface area contributed by atoms with Gasteiger partial charge in [-0.3, -0.25) is 0 Å². The van der Waals surface area contributed by atoms with Gasteiger partial charge >= 0.3 is 0 Å². The van der Waals surface area contributed by atoms with Crippen LogP contribution in [-0.4, -0.2) is 0 Å². The zero-order chi connectivity index (χ0) is 14.4. The second-order valence-corrected chi connectivity index (χ2v) is 5.66. The van der Waals surface area contributed by atoms with Gasteiger partial charge in [0.2, 0.25) is 0 Å². The van der Waals surface area contributed by atoms with Crippen LogP contribution in [0, 0.1) is 0 Å². The standard InChI is InChI=1S/C19H19Br/c1-3-8-16(4-2)19-12-11-18(20)14-17(19)13-15-9-6-5-7-10-15/h3,5-12,14H,1,4,13H2,2H3/b16-8+. The van der Waals surface area contributed by atoms with E-state index in [1.54, 1.807) is 0 Å². The highest BCUT2D eigenvalue weighted by molar-refractivity contribution is 9.10. The second-order valence-electron chi connectivity index (χ2n) is 4.75. The summed E-state index contributed by atoms with van der Waals surface area (Å²) in [5, 5.41) is 0. The van der Waals surface area contributed by atoms with E-state index in [1.807, 2.05) is 6.08 Å². The van der Waals surface area contributed by atoms with Gasteiger partial charge in [0.15, 0.2) is 0 Å². The van der Waals surface area contributed by atoms with Gasteiger partial charge in [-0.2, -0.15) is 0 Å². The van der Waals surface area contributed by atoms with E-state index in [4.69, 9.17) is 0 Å². The third-order valence-electron chi connectivity index (χ3n) is 3.35. The van der Waals surface area contributed by atoms with Gasteiger partial charge in [-0.25, -0.2) is 0 Å². The van der Waals surface area contributed by atoms with Crippen LogP contribution in [0.5, 0.6) is 0 Å². The van der Waals surface area contributed by atoms with Crippen molar-refractivity contribution < 1.29 is 0 Å². The minimum atomic E-state index is 0.949. The molecule has 0 radical (unpaired) electrons. The van der Waals surface area contributed by atoms with E-state index in [9.17, 15) is 0 Å². The molecule has 20 heavy (non-hydrogen) atoms. The van der Waals surface area contributed by atoms with Crippen LogP contribution in [0.25, 0.3) is 5.57 Å². The lowest BCUT2D eigenvalue weighted by Crippen LogP contribution is -1.95. The van der Waals surface area contributed by atoms with E-state index >= 15 is 0 Å². The Bertz CT molecular complexity index is 609. The Kier molecular flexibility index (Phi) is 5.37. The van der Waals surface area contributed by atoms with Gasteiger partial charge < -0.3 is 0 Å². The van der Waals surface area contributed by atoms with Crippen LogP contribution in [-0.2, 0) is 6.42 Å². The first-order valence-electron chi connectivity index (χ1n) is 6.89. The predicted octanol–water partition coefficient (Wildman–Crippen LogP) is 6.02. The van der Waals surface area contributed by atoms with E-state index in [0.29, 0.717) is 0 Å². The molecule has 0 aliphatic carbocycles. The summed E-state index contributed by atoms with van der Waals surface area (Å²) >= 11 is 3.58. The highest BCUT2D eigenvalue weighted by Gasteiger charge is 2.07. The molecule has 0 unspecified atom stereocenters. The summed E-state index contributed by atoms with van der Waals surface area (Å²) in [5.41, 5.74) is 5.33. The minimum absolute atomic E-state index is 0.949. The molecule has 0 bridgehead atoms. The predicted molar refractivity (Wildman–Crippen MR) is 91.9 cm³/mol. The van der Waals surface area contributed by atoms with Gasteiger partial charge in [-0.15, -0.1) is 0 Å². The molecule has 0 fully saturated rings. The summed E-state index contributed by atoms with van der Waals surface area (Å²) in [7, 11) is 0. The van der Waals surface area contributed by atoms with Crippen molar-refractivity contribution in [3.8, 4) is 0 Å². The Hall–Kier alpha value is -1.60. The fourth-order valence-electron chi connectivity index (χ4n) is 2.38. The fraction of sp³-hybridized carbons (Fsp3) is 0.158. The van der Waals surface area contributed by atoms with Crippen LogP contribution in [0.4, 0.5) is 0 Å². The number of allylic oxidation sites excluding steroid dienone is 3. The van der Waals surface area contributed by atoms with Crippen molar-refractivity contribution in [2.75, 3.05) is 0 Å². The Morgan fingerprint density at radius 2 is 1.90 bits per heavy atom. The van der Waals surface area contributed by atoms with E-state index in [-0.39, 0.29) is 0 Å². The number of benzene rings is 2. The Balaban J connectivity index is 2.43. The molecule has 102 valence electrons. The van der Waals surface area contributed by atoms with Crippen molar-refractivity contribution in [1.82, 2.24) is 0 Å². The van der Waals surface area contributed by atoms with Gasteiger partial charge in [-0.1, -0.05) is 78.0 Å². The molecule has 0 aliphatic heterocycles. The molecule has 2 rings (SSSR count). The van der Waals surface area contributed by atoms with E-state index in [2.05, 4.69) is 84.0 Å². The van der Waals surface area contributed by atoms with Crippen molar-refractivity contribution in [1.29, 1.82) is 0 Å². The molecule has 0 aliphatic rings. The van der Waals surface area contributed by atoms with Crippen LogP contribution < -0.4 is 0 Å². The van der Waals surface area contributed by atoms with Crippen molar-refractivity contribution >= 4 is 21.5 Å². The number of hydrogen-bond acceptors (Lipinski definition) is 0. The molecule has 0 heterocycles. The van der Waals surface area contributed by atoms with Crippen LogP contribution in [0.2, 0.25) is 0 Å². The maximum atomic E-state index is 3.82. The molecule has 0 saturated carbocycles. The zero-order valence-corrected chi connectivity index (χ0v) is 13.4. The number of rotatable bonds is 5. The molecule has 0 nitrogen and oxygen atoms in total. The molecular weight excluding hydrogens is 308 g/mol. The third kappa shape index (κ3) is 3.71. The molecule has 0 atom stereocenters. The molecule has 0 saturated heterocycles. The molecule has 2 aromatic rings. The first-order chi connectivity index (χ1) is 9.74. The molecule has 0 spiro atoms. The topological polar surface area (TPSA) is 0 Å². The Morgan fingerprint density at radius 3 is 2.55 bits per heavy atom. The molecule has 0 amide bonds. The summed E-state index contributed by atoms with van der Waals surface area (Å²) in [4.78, 5) is 0. The van der Waals surface area contributed by atoms with Crippen LogP contribution in [0.1, 0.15) is 30.0 Å². The molecular formula is C19H19Br. The lowest BCUT2D eigenvalue weighted by Gasteiger charge is -2.13. The average molecular weight is 327 g/mol. The normalized spacial score (nSPS) is 11.4. The molecule has 0 aromatic heterocycles. The quantitative estimate of drug-likeness (QED) is 0.589. The smallest absolute Gasteiger partial charge is 0.0178 e. The SMILES string of the molecule is C=C/C=C(\CC)c1ccc(Br)cc1Cc1ccccc1. The minimum Gasteiger partial charge on any atom is -0.0991 e. The van der Waals surface area contributed by atoms with Gasteiger partial charge in [-0.05, 0) is 47.2 Å². The van der Waals surface area contributed by atoms with Gasteiger partial charge in [0.25, 0.3) is 0 Å². The van der Waals surface area contributed by atoms with Crippen LogP contribution in [0.3, 0.4) is 0 Å². The largest absolute Gasteiger partial charge is 0.0991 e. The summed E-state index contributed by atoms with van der Waals surface area (Å²) in [6.07, 6.45) is 5.93. The van der Waals surface area contributed by atoms with Crippen molar-refractivity contribution in [3.05, 3.63) is 88.4 Å². The van der Waals surface area contributed by atoms with E-state index in [1.165, 1.54) is 22.3 Å². The fourth-order valence-corrected chi connectivity index (χ4v) is 2.79. The highest BCUT2D eigenvalue weighted by atomic mass is 79.9. The maximum Gasteiger partial charge on any atom is 0.0178 e. The van der Waals surface area contributed by atoms with Gasteiger partial charge in [0.05, 0.1) is 0 Å². The Labute approximate surface area is 130 Å². The number of halogens is 1. The van der Waals surface area contributed by atoms with Crippen molar-refractivity contribution in [2.45, 2.75) is 19.8 Å². The lowest BCUT2D eigenvalue weighted by molar-refractivity contribution is 1.15. The first kappa shape index (κ1) is 14.8. The summed E-state index contributed by atoms with van der Waals surface area (Å²) in [6.45, 7) is 6.00. The zero-order valence-electron chi connectivity index (χ0n) is 11.8. The van der Waals surface area contributed by atoms with E-state index < -0.39 is 0 Å². The molecule has 1 heteroatoms.